The molecule has 2 N–H and O–H groups in total. The number of ether oxygens (including phenoxy) is 1. The van der Waals surface area contributed by atoms with E-state index < -0.39 is 0 Å². The molecule has 0 saturated heterocycles. The van der Waals surface area contributed by atoms with Crippen molar-refractivity contribution in [3.8, 4) is 17.1 Å². The van der Waals surface area contributed by atoms with Crippen LogP contribution in [-0.2, 0) is 11.3 Å². The van der Waals surface area contributed by atoms with Crippen LogP contribution < -0.4 is 10.1 Å². The Morgan fingerprint density at radius 2 is 1.88 bits per heavy atom. The lowest BCUT2D eigenvalue weighted by molar-refractivity contribution is -0.122. The molecule has 2 aromatic carbocycles. The number of benzene rings is 2. The molecule has 0 spiro atoms. The van der Waals surface area contributed by atoms with Crippen molar-refractivity contribution in [2.75, 3.05) is 7.11 Å². The summed E-state index contributed by atoms with van der Waals surface area (Å²) in [7, 11) is 1.63. The summed E-state index contributed by atoms with van der Waals surface area (Å²) in [5, 5.41) is 10.5. The van der Waals surface area contributed by atoms with Gasteiger partial charge < -0.3 is 10.1 Å². The predicted molar refractivity (Wildman–Crippen MR) is 128 cm³/mol. The number of hydrogen-bond donors (Lipinski definition) is 2. The number of amides is 1. The van der Waals surface area contributed by atoms with Crippen molar-refractivity contribution >= 4 is 18.1 Å². The van der Waals surface area contributed by atoms with Gasteiger partial charge in [-0.3, -0.25) is 14.5 Å². The smallest absolute Gasteiger partial charge is 0.240 e. The van der Waals surface area contributed by atoms with Crippen molar-refractivity contribution < 1.29 is 9.53 Å². The first-order chi connectivity index (χ1) is 15.6. The van der Waals surface area contributed by atoms with Crippen LogP contribution in [0.3, 0.4) is 0 Å². The van der Waals surface area contributed by atoms with Crippen LogP contribution in [0.1, 0.15) is 50.1 Å². The minimum Gasteiger partial charge on any atom is -0.497 e. The Labute approximate surface area is 194 Å². The second-order valence-corrected chi connectivity index (χ2v) is 8.82. The Kier molecular flexibility index (Phi) is 7.37. The number of carbonyl (C=O) groups excluding carboxylic acids is 1. The summed E-state index contributed by atoms with van der Waals surface area (Å²) in [6.45, 7) is 0.116. The molecule has 32 heavy (non-hydrogen) atoms. The number of methoxy groups -OCH3 is 1. The van der Waals surface area contributed by atoms with Crippen LogP contribution in [0.15, 0.2) is 54.6 Å². The fraction of sp³-hybridized carbons (Fsp3) is 0.400. The van der Waals surface area contributed by atoms with Crippen molar-refractivity contribution in [1.29, 1.82) is 0 Å². The van der Waals surface area contributed by atoms with Crippen molar-refractivity contribution in [2.45, 2.75) is 51.1 Å². The van der Waals surface area contributed by atoms with E-state index in [-0.39, 0.29) is 18.5 Å². The van der Waals surface area contributed by atoms with Gasteiger partial charge in [-0.05, 0) is 54.4 Å². The SMILES string of the molecule is COc1ccc(-c2n[nH]c(=S)n2CC(=O)NC(CC2CCCCC2)c2ccccc2)cc1. The molecule has 1 aliphatic carbocycles. The number of nitrogens with zero attached hydrogens (tertiary/aromatic N) is 2. The molecule has 1 heterocycles. The van der Waals surface area contributed by atoms with Gasteiger partial charge in [0.15, 0.2) is 10.6 Å². The van der Waals surface area contributed by atoms with Crippen molar-refractivity contribution in [2.24, 2.45) is 5.92 Å². The van der Waals surface area contributed by atoms with Crippen LogP contribution in [0.5, 0.6) is 5.75 Å². The predicted octanol–water partition coefficient (Wildman–Crippen LogP) is 5.44. The minimum absolute atomic E-state index is 0.00249. The first kappa shape index (κ1) is 22.3. The Bertz CT molecular complexity index is 1070. The van der Waals surface area contributed by atoms with Gasteiger partial charge in [0.05, 0.1) is 13.2 Å². The minimum atomic E-state index is -0.0677. The average molecular weight is 451 g/mol. The largest absolute Gasteiger partial charge is 0.497 e. The topological polar surface area (TPSA) is 71.9 Å². The third kappa shape index (κ3) is 5.46. The molecule has 0 radical (unpaired) electrons. The zero-order valence-corrected chi connectivity index (χ0v) is 19.2. The van der Waals surface area contributed by atoms with Crippen LogP contribution in [-0.4, -0.2) is 27.8 Å². The zero-order valence-electron chi connectivity index (χ0n) is 18.4. The van der Waals surface area contributed by atoms with E-state index in [9.17, 15) is 4.79 Å². The van der Waals surface area contributed by atoms with Crippen molar-refractivity contribution in [3.05, 3.63) is 64.9 Å². The molecular formula is C25H30N4O2S. The maximum absolute atomic E-state index is 13.1. The summed E-state index contributed by atoms with van der Waals surface area (Å²) in [5.41, 5.74) is 2.02. The molecule has 1 amide bonds. The summed E-state index contributed by atoms with van der Waals surface area (Å²) >= 11 is 5.42. The Balaban J connectivity index is 1.50. The lowest BCUT2D eigenvalue weighted by Gasteiger charge is -2.27. The summed E-state index contributed by atoms with van der Waals surface area (Å²) in [6, 6.07) is 17.8. The van der Waals surface area contributed by atoms with Crippen molar-refractivity contribution in [1.82, 2.24) is 20.1 Å². The highest BCUT2D eigenvalue weighted by Gasteiger charge is 2.22. The third-order valence-electron chi connectivity index (χ3n) is 6.24. The first-order valence-corrected chi connectivity index (χ1v) is 11.7. The molecular weight excluding hydrogens is 420 g/mol. The Morgan fingerprint density at radius 1 is 1.16 bits per heavy atom. The number of nitrogens with one attached hydrogen (secondary N) is 2. The molecule has 168 valence electrons. The van der Waals surface area contributed by atoms with Crippen LogP contribution >= 0.6 is 12.2 Å². The summed E-state index contributed by atoms with van der Waals surface area (Å²) < 4.78 is 7.40. The maximum Gasteiger partial charge on any atom is 0.240 e. The number of H-pyrrole nitrogens is 1. The lowest BCUT2D eigenvalue weighted by atomic mass is 9.83. The van der Waals surface area contributed by atoms with Gasteiger partial charge in [0.1, 0.15) is 12.3 Å². The normalized spacial score (nSPS) is 15.3. The standard InChI is InChI=1S/C25H30N4O2S/c1-31-21-14-12-20(13-15-21)24-27-28-25(32)29(24)17-23(30)26-22(19-10-6-3-7-11-19)16-18-8-4-2-5-9-18/h3,6-7,10-15,18,22H,2,4-5,8-9,16-17H2,1H3,(H,26,30)(H,28,32). The molecule has 7 heteroatoms. The highest BCUT2D eigenvalue weighted by molar-refractivity contribution is 7.71. The van der Waals surface area contributed by atoms with Crippen LogP contribution in [0.25, 0.3) is 11.4 Å². The molecule has 4 rings (SSSR count). The second kappa shape index (κ2) is 10.6. The summed E-state index contributed by atoms with van der Waals surface area (Å²) in [5.74, 6) is 1.99. The fourth-order valence-electron chi connectivity index (χ4n) is 4.53. The van der Waals surface area contributed by atoms with E-state index in [1.165, 1.54) is 32.1 Å². The molecule has 1 saturated carbocycles. The molecule has 1 atom stereocenters. The molecule has 6 nitrogen and oxygen atoms in total. The summed E-state index contributed by atoms with van der Waals surface area (Å²) in [4.78, 5) is 13.1. The van der Waals surface area contributed by atoms with E-state index in [1.807, 2.05) is 42.5 Å². The van der Waals surface area contributed by atoms with Crippen molar-refractivity contribution in [3.63, 3.8) is 0 Å². The number of hydrogen-bond acceptors (Lipinski definition) is 4. The zero-order chi connectivity index (χ0) is 22.3. The van der Waals surface area contributed by atoms with E-state index in [4.69, 9.17) is 17.0 Å². The van der Waals surface area contributed by atoms with Gasteiger partial charge in [-0.25, -0.2) is 0 Å². The third-order valence-corrected chi connectivity index (χ3v) is 6.55. The van der Waals surface area contributed by atoms with E-state index >= 15 is 0 Å². The molecule has 1 fully saturated rings. The lowest BCUT2D eigenvalue weighted by Crippen LogP contribution is -2.33. The highest BCUT2D eigenvalue weighted by atomic mass is 32.1. The Hall–Kier alpha value is -2.93. The molecule has 1 aromatic heterocycles. The van der Waals surface area contributed by atoms with Crippen LogP contribution in [0.4, 0.5) is 0 Å². The number of rotatable bonds is 8. The quantitative estimate of drug-likeness (QED) is 0.448. The number of aromatic nitrogens is 3. The molecule has 1 aliphatic rings. The highest BCUT2D eigenvalue weighted by Crippen LogP contribution is 2.32. The van der Waals surface area contributed by atoms with Gasteiger partial charge in [0, 0.05) is 5.56 Å². The first-order valence-electron chi connectivity index (χ1n) is 11.3. The van der Waals surface area contributed by atoms with E-state index in [2.05, 4.69) is 27.6 Å². The van der Waals surface area contributed by atoms with Gasteiger partial charge >= 0.3 is 0 Å². The fourth-order valence-corrected chi connectivity index (χ4v) is 4.72. The average Bonchev–Trinajstić information content (AvgIpc) is 3.19. The van der Waals surface area contributed by atoms with Gasteiger partial charge in [-0.15, -0.1) is 0 Å². The molecule has 1 unspecified atom stereocenters. The Morgan fingerprint density at radius 3 is 2.56 bits per heavy atom. The van der Waals surface area contributed by atoms with Gasteiger partial charge in [0.2, 0.25) is 5.91 Å². The molecule has 0 bridgehead atoms. The van der Waals surface area contributed by atoms with Crippen LogP contribution in [0, 0.1) is 10.7 Å². The molecule has 0 aliphatic heterocycles. The van der Waals surface area contributed by atoms with E-state index in [0.29, 0.717) is 16.5 Å². The van der Waals surface area contributed by atoms with Gasteiger partial charge in [-0.2, -0.15) is 5.10 Å². The van der Waals surface area contributed by atoms with Gasteiger partial charge in [-0.1, -0.05) is 62.4 Å². The number of carbonyl (C=O) groups is 1. The van der Waals surface area contributed by atoms with Crippen LogP contribution in [0.2, 0.25) is 0 Å². The monoisotopic (exact) mass is 450 g/mol. The van der Waals surface area contributed by atoms with E-state index in [1.54, 1.807) is 11.7 Å². The summed E-state index contributed by atoms with van der Waals surface area (Å²) in [6.07, 6.45) is 7.36. The van der Waals surface area contributed by atoms with E-state index in [0.717, 1.165) is 23.3 Å². The molecule has 3 aromatic rings. The number of aromatic amines is 1. The van der Waals surface area contributed by atoms with Gasteiger partial charge in [0.25, 0.3) is 0 Å². The second-order valence-electron chi connectivity index (χ2n) is 8.44. The maximum atomic E-state index is 13.1.